The van der Waals surface area contributed by atoms with E-state index in [1.54, 1.807) is 12.4 Å². The second-order valence-corrected chi connectivity index (χ2v) is 2.98. The van der Waals surface area contributed by atoms with Crippen molar-refractivity contribution < 1.29 is 0 Å². The molecule has 1 heterocycles. The van der Waals surface area contributed by atoms with Gasteiger partial charge in [0.05, 0.1) is 0 Å². The SMILES string of the molecule is Cl.Cl.Nc1ccc(Nc2ccncc2)cc1. The van der Waals surface area contributed by atoms with Crippen molar-refractivity contribution in [2.75, 3.05) is 11.1 Å². The van der Waals surface area contributed by atoms with E-state index < -0.39 is 0 Å². The maximum atomic E-state index is 5.58. The summed E-state index contributed by atoms with van der Waals surface area (Å²) < 4.78 is 0. The summed E-state index contributed by atoms with van der Waals surface area (Å²) in [7, 11) is 0. The van der Waals surface area contributed by atoms with E-state index in [0.717, 1.165) is 17.1 Å². The highest BCUT2D eigenvalue weighted by molar-refractivity contribution is 5.85. The van der Waals surface area contributed by atoms with Gasteiger partial charge in [-0.1, -0.05) is 0 Å². The molecule has 5 heteroatoms. The van der Waals surface area contributed by atoms with Crippen LogP contribution in [-0.4, -0.2) is 4.98 Å². The van der Waals surface area contributed by atoms with Crippen LogP contribution in [0.5, 0.6) is 0 Å². The van der Waals surface area contributed by atoms with Crippen LogP contribution in [0.1, 0.15) is 0 Å². The third-order valence-electron chi connectivity index (χ3n) is 1.88. The van der Waals surface area contributed by atoms with Gasteiger partial charge in [0, 0.05) is 29.5 Å². The van der Waals surface area contributed by atoms with Crippen LogP contribution in [0.3, 0.4) is 0 Å². The number of pyridine rings is 1. The summed E-state index contributed by atoms with van der Waals surface area (Å²) in [6, 6.07) is 11.4. The Kier molecular flexibility index (Phi) is 6.30. The van der Waals surface area contributed by atoms with Gasteiger partial charge in [-0.25, -0.2) is 0 Å². The number of benzene rings is 1. The van der Waals surface area contributed by atoms with Gasteiger partial charge in [0.2, 0.25) is 0 Å². The minimum absolute atomic E-state index is 0. The van der Waals surface area contributed by atoms with Gasteiger partial charge in [-0.2, -0.15) is 0 Å². The standard InChI is InChI=1S/C11H11N3.2ClH/c12-9-1-3-10(4-2-9)14-11-5-7-13-8-6-11;;/h1-8H,12H2,(H,13,14);2*1H. The summed E-state index contributed by atoms with van der Waals surface area (Å²) in [4.78, 5) is 3.94. The molecule has 0 radical (unpaired) electrons. The Labute approximate surface area is 107 Å². The van der Waals surface area contributed by atoms with Crippen molar-refractivity contribution in [3.63, 3.8) is 0 Å². The Bertz CT molecular complexity index is 403. The Morgan fingerprint density at radius 2 is 1.31 bits per heavy atom. The molecule has 0 saturated heterocycles. The first kappa shape index (κ1) is 14.6. The summed E-state index contributed by atoms with van der Waals surface area (Å²) in [5.74, 6) is 0. The highest BCUT2D eigenvalue weighted by atomic mass is 35.5. The van der Waals surface area contributed by atoms with Crippen LogP contribution >= 0.6 is 24.8 Å². The summed E-state index contributed by atoms with van der Waals surface area (Å²) in [6.07, 6.45) is 3.50. The van der Waals surface area contributed by atoms with E-state index in [1.165, 1.54) is 0 Å². The monoisotopic (exact) mass is 257 g/mol. The van der Waals surface area contributed by atoms with E-state index in [1.807, 2.05) is 36.4 Å². The molecule has 2 rings (SSSR count). The molecule has 2 aromatic rings. The molecular weight excluding hydrogens is 245 g/mol. The van der Waals surface area contributed by atoms with Crippen molar-refractivity contribution in [2.45, 2.75) is 0 Å². The fourth-order valence-electron chi connectivity index (χ4n) is 1.17. The molecule has 0 spiro atoms. The Morgan fingerprint density at radius 3 is 1.88 bits per heavy atom. The largest absolute Gasteiger partial charge is 0.399 e. The van der Waals surface area contributed by atoms with E-state index in [0.29, 0.717) is 0 Å². The maximum absolute atomic E-state index is 5.58. The summed E-state index contributed by atoms with van der Waals surface area (Å²) in [6.45, 7) is 0. The second kappa shape index (κ2) is 6.93. The van der Waals surface area contributed by atoms with Crippen molar-refractivity contribution in [3.8, 4) is 0 Å². The molecule has 1 aromatic heterocycles. The Morgan fingerprint density at radius 1 is 0.812 bits per heavy atom. The van der Waals surface area contributed by atoms with Crippen LogP contribution in [0.15, 0.2) is 48.8 Å². The summed E-state index contributed by atoms with van der Waals surface area (Å²) in [5.41, 5.74) is 8.39. The predicted molar refractivity (Wildman–Crippen MR) is 72.9 cm³/mol. The molecule has 0 aliphatic rings. The molecule has 0 aliphatic heterocycles. The molecule has 3 N–H and O–H groups in total. The van der Waals surface area contributed by atoms with Gasteiger partial charge in [-0.3, -0.25) is 4.98 Å². The Balaban J connectivity index is 0.00000112. The molecule has 1 aromatic carbocycles. The van der Waals surface area contributed by atoms with Gasteiger partial charge < -0.3 is 11.1 Å². The minimum Gasteiger partial charge on any atom is -0.399 e. The number of halogens is 2. The molecular formula is C11H13Cl2N3. The average molecular weight is 258 g/mol. The lowest BCUT2D eigenvalue weighted by Gasteiger charge is -2.05. The van der Waals surface area contributed by atoms with Crippen molar-refractivity contribution in [1.29, 1.82) is 0 Å². The minimum atomic E-state index is 0. The molecule has 0 amide bonds. The van der Waals surface area contributed by atoms with Crippen molar-refractivity contribution in [2.24, 2.45) is 0 Å². The zero-order chi connectivity index (χ0) is 9.80. The number of nitrogens with two attached hydrogens (primary N) is 1. The number of rotatable bonds is 2. The van der Waals surface area contributed by atoms with Crippen LogP contribution in [0.2, 0.25) is 0 Å². The number of aromatic nitrogens is 1. The van der Waals surface area contributed by atoms with Crippen molar-refractivity contribution in [1.82, 2.24) is 4.98 Å². The number of hydrogen-bond acceptors (Lipinski definition) is 3. The molecule has 86 valence electrons. The molecule has 0 atom stereocenters. The molecule has 0 saturated carbocycles. The lowest BCUT2D eigenvalue weighted by atomic mass is 10.3. The molecule has 3 nitrogen and oxygen atoms in total. The van der Waals surface area contributed by atoms with Crippen LogP contribution in [0.4, 0.5) is 17.1 Å². The van der Waals surface area contributed by atoms with Crippen LogP contribution in [0, 0.1) is 0 Å². The third-order valence-corrected chi connectivity index (χ3v) is 1.88. The smallest absolute Gasteiger partial charge is 0.0415 e. The highest BCUT2D eigenvalue weighted by Gasteiger charge is 1.92. The van der Waals surface area contributed by atoms with Gasteiger partial charge >= 0.3 is 0 Å². The summed E-state index contributed by atoms with van der Waals surface area (Å²) in [5, 5.41) is 3.24. The van der Waals surface area contributed by atoms with E-state index in [-0.39, 0.29) is 24.8 Å². The first-order valence-corrected chi connectivity index (χ1v) is 4.37. The third kappa shape index (κ3) is 3.96. The molecule has 0 bridgehead atoms. The quantitative estimate of drug-likeness (QED) is 0.813. The average Bonchev–Trinajstić information content (AvgIpc) is 2.23. The van der Waals surface area contributed by atoms with Gasteiger partial charge in [0.25, 0.3) is 0 Å². The molecule has 0 unspecified atom stereocenters. The molecule has 0 aliphatic carbocycles. The zero-order valence-electron chi connectivity index (χ0n) is 8.46. The van der Waals surface area contributed by atoms with E-state index in [2.05, 4.69) is 10.3 Å². The number of nitrogens with one attached hydrogen (secondary N) is 1. The Hall–Kier alpha value is -1.45. The van der Waals surface area contributed by atoms with Crippen LogP contribution in [0.25, 0.3) is 0 Å². The molecule has 16 heavy (non-hydrogen) atoms. The van der Waals surface area contributed by atoms with Crippen LogP contribution in [-0.2, 0) is 0 Å². The second-order valence-electron chi connectivity index (χ2n) is 2.98. The summed E-state index contributed by atoms with van der Waals surface area (Å²) >= 11 is 0. The van der Waals surface area contributed by atoms with Crippen molar-refractivity contribution in [3.05, 3.63) is 48.8 Å². The van der Waals surface area contributed by atoms with Gasteiger partial charge in [0.15, 0.2) is 0 Å². The van der Waals surface area contributed by atoms with E-state index in [4.69, 9.17) is 5.73 Å². The van der Waals surface area contributed by atoms with Crippen LogP contribution < -0.4 is 11.1 Å². The predicted octanol–water partition coefficient (Wildman–Crippen LogP) is 3.25. The van der Waals surface area contributed by atoms with E-state index in [9.17, 15) is 0 Å². The fourth-order valence-corrected chi connectivity index (χ4v) is 1.17. The zero-order valence-corrected chi connectivity index (χ0v) is 10.1. The lowest BCUT2D eigenvalue weighted by molar-refractivity contribution is 1.32. The molecule has 0 fully saturated rings. The maximum Gasteiger partial charge on any atom is 0.0415 e. The normalized spacial score (nSPS) is 8.50. The first-order valence-electron chi connectivity index (χ1n) is 4.37. The number of nitrogens with zero attached hydrogens (tertiary/aromatic N) is 1. The number of nitrogen functional groups attached to an aromatic ring is 1. The lowest BCUT2D eigenvalue weighted by Crippen LogP contribution is -1.90. The number of hydrogen-bond donors (Lipinski definition) is 2. The van der Waals surface area contributed by atoms with Crippen molar-refractivity contribution >= 4 is 41.9 Å². The van der Waals surface area contributed by atoms with Gasteiger partial charge in [-0.15, -0.1) is 24.8 Å². The van der Waals surface area contributed by atoms with Gasteiger partial charge in [0.1, 0.15) is 0 Å². The van der Waals surface area contributed by atoms with Gasteiger partial charge in [-0.05, 0) is 36.4 Å². The van der Waals surface area contributed by atoms with E-state index >= 15 is 0 Å². The first-order chi connectivity index (χ1) is 6.84. The highest BCUT2D eigenvalue weighted by Crippen LogP contribution is 2.16. The topological polar surface area (TPSA) is 50.9 Å². The fraction of sp³-hybridized carbons (Fsp3) is 0. The number of anilines is 3.